The van der Waals surface area contributed by atoms with Crippen molar-refractivity contribution in [3.8, 4) is 10.6 Å². The minimum atomic E-state index is 0.193. The number of aromatic nitrogens is 3. The van der Waals surface area contributed by atoms with E-state index >= 15 is 0 Å². The summed E-state index contributed by atoms with van der Waals surface area (Å²) in [5.41, 5.74) is 2.38. The minimum Gasteiger partial charge on any atom is -0.374 e. The minimum absolute atomic E-state index is 0.193. The highest BCUT2D eigenvalue weighted by Gasteiger charge is 2.21. The van der Waals surface area contributed by atoms with Crippen LogP contribution in [-0.2, 0) is 17.8 Å². The molecule has 5 nitrogen and oxygen atoms in total. The predicted octanol–water partition coefficient (Wildman–Crippen LogP) is 2.97. The van der Waals surface area contributed by atoms with Crippen molar-refractivity contribution in [3.05, 3.63) is 46.4 Å². The molecule has 4 rings (SSSR count). The fourth-order valence-corrected chi connectivity index (χ4v) is 4.30. The lowest BCUT2D eigenvalue weighted by Gasteiger charge is -2.32. The molecule has 1 aliphatic rings. The molecular weight excluding hydrogens is 328 g/mol. The zero-order valence-corrected chi connectivity index (χ0v) is 14.3. The first-order valence-electron chi connectivity index (χ1n) is 7.65. The van der Waals surface area contributed by atoms with Gasteiger partial charge in [-0.3, -0.25) is 9.58 Å². The molecule has 4 heterocycles. The number of hydrogen-bond donors (Lipinski definition) is 0. The maximum Gasteiger partial charge on any atom is 0.124 e. The zero-order valence-electron chi connectivity index (χ0n) is 12.7. The molecule has 0 aromatic carbocycles. The van der Waals surface area contributed by atoms with Crippen LogP contribution in [0.5, 0.6) is 0 Å². The van der Waals surface area contributed by atoms with Crippen molar-refractivity contribution in [2.45, 2.75) is 19.2 Å². The van der Waals surface area contributed by atoms with Gasteiger partial charge < -0.3 is 4.74 Å². The van der Waals surface area contributed by atoms with Gasteiger partial charge in [-0.2, -0.15) is 16.4 Å². The van der Waals surface area contributed by atoms with Gasteiger partial charge in [-0.25, -0.2) is 4.98 Å². The second-order valence-corrected chi connectivity index (χ2v) is 7.25. The van der Waals surface area contributed by atoms with Gasteiger partial charge in [0, 0.05) is 48.4 Å². The van der Waals surface area contributed by atoms with Crippen molar-refractivity contribution in [1.29, 1.82) is 0 Å². The highest BCUT2D eigenvalue weighted by molar-refractivity contribution is 7.14. The number of hydrogen-bond acceptors (Lipinski definition) is 6. The van der Waals surface area contributed by atoms with E-state index < -0.39 is 0 Å². The summed E-state index contributed by atoms with van der Waals surface area (Å²) in [4.78, 5) is 7.19. The molecule has 0 unspecified atom stereocenters. The van der Waals surface area contributed by atoms with Crippen molar-refractivity contribution in [2.24, 2.45) is 0 Å². The largest absolute Gasteiger partial charge is 0.374 e. The van der Waals surface area contributed by atoms with E-state index in [9.17, 15) is 0 Å². The molecule has 0 saturated carbocycles. The van der Waals surface area contributed by atoms with Crippen LogP contribution in [0.3, 0.4) is 0 Å². The highest BCUT2D eigenvalue weighted by atomic mass is 32.1. The Morgan fingerprint density at radius 1 is 1.35 bits per heavy atom. The monoisotopic (exact) mass is 346 g/mol. The molecular formula is C16H18N4OS2. The average molecular weight is 346 g/mol. The summed E-state index contributed by atoms with van der Waals surface area (Å²) in [5, 5.41) is 11.8. The number of rotatable bonds is 5. The first-order chi connectivity index (χ1) is 11.4. The summed E-state index contributed by atoms with van der Waals surface area (Å²) in [6, 6.07) is 4.07. The molecule has 23 heavy (non-hydrogen) atoms. The van der Waals surface area contributed by atoms with E-state index in [1.54, 1.807) is 22.7 Å². The third kappa shape index (κ3) is 3.69. The van der Waals surface area contributed by atoms with Gasteiger partial charge in [0.25, 0.3) is 0 Å². The molecule has 120 valence electrons. The third-order valence-corrected chi connectivity index (χ3v) is 5.50. The van der Waals surface area contributed by atoms with Gasteiger partial charge in [-0.1, -0.05) is 0 Å². The molecule has 0 N–H and O–H groups in total. The van der Waals surface area contributed by atoms with Crippen LogP contribution in [0, 0.1) is 0 Å². The van der Waals surface area contributed by atoms with Gasteiger partial charge in [0.15, 0.2) is 0 Å². The Morgan fingerprint density at radius 3 is 3.17 bits per heavy atom. The van der Waals surface area contributed by atoms with Gasteiger partial charge in [0.2, 0.25) is 0 Å². The smallest absolute Gasteiger partial charge is 0.124 e. The third-order valence-electron chi connectivity index (χ3n) is 3.88. The topological polar surface area (TPSA) is 43.2 Å². The highest BCUT2D eigenvalue weighted by Crippen LogP contribution is 2.26. The standard InChI is InChI=1S/C16H18N4OS2/c1-3-17-20(4-1)10-15-9-19(5-6-21-15)8-14-12-23-16(18-14)13-2-7-22-11-13/h1-4,7,11-12,15H,5-6,8-10H2/t15-/m1/s1. The summed E-state index contributed by atoms with van der Waals surface area (Å²) < 4.78 is 7.80. The van der Waals surface area contributed by atoms with Gasteiger partial charge in [0.1, 0.15) is 5.01 Å². The lowest BCUT2D eigenvalue weighted by molar-refractivity contribution is -0.0405. The lowest BCUT2D eigenvalue weighted by atomic mass is 10.2. The van der Waals surface area contributed by atoms with Gasteiger partial charge in [-0.15, -0.1) is 11.3 Å². The Labute approximate surface area is 143 Å². The molecule has 0 bridgehead atoms. The van der Waals surface area contributed by atoms with Crippen LogP contribution in [0.1, 0.15) is 5.69 Å². The summed E-state index contributed by atoms with van der Waals surface area (Å²) in [5.74, 6) is 0. The van der Waals surface area contributed by atoms with Gasteiger partial charge >= 0.3 is 0 Å². The van der Waals surface area contributed by atoms with E-state index in [0.29, 0.717) is 0 Å². The molecule has 7 heteroatoms. The second-order valence-electron chi connectivity index (χ2n) is 5.61. The van der Waals surface area contributed by atoms with Crippen LogP contribution in [-0.4, -0.2) is 45.5 Å². The van der Waals surface area contributed by atoms with Crippen molar-refractivity contribution >= 4 is 22.7 Å². The van der Waals surface area contributed by atoms with Crippen molar-refractivity contribution < 1.29 is 4.74 Å². The molecule has 3 aromatic rings. The van der Waals surface area contributed by atoms with Crippen LogP contribution in [0.2, 0.25) is 0 Å². The quantitative estimate of drug-likeness (QED) is 0.712. The number of nitrogens with zero attached hydrogens (tertiary/aromatic N) is 4. The fraction of sp³-hybridized carbons (Fsp3) is 0.375. The van der Waals surface area contributed by atoms with E-state index in [2.05, 4.69) is 32.2 Å². The van der Waals surface area contributed by atoms with E-state index in [1.165, 1.54) is 5.56 Å². The predicted molar refractivity (Wildman–Crippen MR) is 92.7 cm³/mol. The van der Waals surface area contributed by atoms with Crippen molar-refractivity contribution in [2.75, 3.05) is 19.7 Å². The lowest BCUT2D eigenvalue weighted by Crippen LogP contribution is -2.43. The van der Waals surface area contributed by atoms with E-state index in [0.717, 1.165) is 43.5 Å². The van der Waals surface area contributed by atoms with Crippen molar-refractivity contribution in [1.82, 2.24) is 19.7 Å². The normalized spacial score (nSPS) is 19.2. The summed E-state index contributed by atoms with van der Waals surface area (Å²) in [6.07, 6.45) is 3.98. The van der Waals surface area contributed by atoms with Crippen molar-refractivity contribution in [3.63, 3.8) is 0 Å². The van der Waals surface area contributed by atoms with E-state index in [4.69, 9.17) is 9.72 Å². The second kappa shape index (κ2) is 6.92. The molecule has 3 aromatic heterocycles. The first-order valence-corrected chi connectivity index (χ1v) is 9.47. The van der Waals surface area contributed by atoms with Gasteiger partial charge in [0.05, 0.1) is 24.9 Å². The number of thiophene rings is 1. The Balaban J connectivity index is 1.37. The molecule has 0 radical (unpaired) electrons. The maximum atomic E-state index is 5.86. The summed E-state index contributed by atoms with van der Waals surface area (Å²) in [7, 11) is 0. The summed E-state index contributed by atoms with van der Waals surface area (Å²) >= 11 is 3.44. The van der Waals surface area contributed by atoms with Crippen LogP contribution >= 0.6 is 22.7 Å². The molecule has 0 aliphatic carbocycles. The molecule has 1 atom stereocenters. The molecule has 1 saturated heterocycles. The van der Waals surface area contributed by atoms with E-state index in [1.807, 2.05) is 23.1 Å². The molecule has 0 spiro atoms. The van der Waals surface area contributed by atoms with Crippen LogP contribution in [0.4, 0.5) is 0 Å². The van der Waals surface area contributed by atoms with Crippen LogP contribution < -0.4 is 0 Å². The SMILES string of the molecule is c1cnn(C[C@H]2CN(Cc3csc(-c4ccsc4)n3)CCO2)c1. The van der Waals surface area contributed by atoms with E-state index in [-0.39, 0.29) is 6.10 Å². The Kier molecular flexibility index (Phi) is 4.52. The van der Waals surface area contributed by atoms with Crippen LogP contribution in [0.25, 0.3) is 10.6 Å². The summed E-state index contributed by atoms with van der Waals surface area (Å²) in [6.45, 7) is 4.35. The Hall–Kier alpha value is -1.54. The zero-order chi connectivity index (χ0) is 15.5. The van der Waals surface area contributed by atoms with Crippen LogP contribution in [0.15, 0.2) is 40.7 Å². The number of thiazole rings is 1. The number of morpholine rings is 1. The molecule has 0 amide bonds. The fourth-order valence-electron chi connectivity index (χ4n) is 2.78. The average Bonchev–Trinajstić information content (AvgIpc) is 3.30. The maximum absolute atomic E-state index is 5.86. The Bertz CT molecular complexity index is 723. The Morgan fingerprint density at radius 2 is 2.35 bits per heavy atom. The van der Waals surface area contributed by atoms with Gasteiger partial charge in [-0.05, 0) is 17.5 Å². The first kappa shape index (κ1) is 15.0. The molecule has 1 fully saturated rings. The number of ether oxygens (including phenoxy) is 1. The molecule has 1 aliphatic heterocycles.